The van der Waals surface area contributed by atoms with Crippen molar-refractivity contribution in [3.8, 4) is 47.0 Å². The first-order valence-electron chi connectivity index (χ1n) is 31.6. The number of hydrogen-bond acceptors (Lipinski definition) is 20. The number of carbonyl (C=O) groups is 9. The highest BCUT2D eigenvalue weighted by Gasteiger charge is 2.30. The van der Waals surface area contributed by atoms with Gasteiger partial charge in [-0.25, -0.2) is 22.8 Å². The average molecular weight is 1630 g/mol. The molecule has 0 radical (unpaired) electrons. The number of benzene rings is 6. The van der Waals surface area contributed by atoms with E-state index in [1.165, 1.54) is 56.6 Å². The third kappa shape index (κ3) is 34.0. The van der Waals surface area contributed by atoms with Crippen molar-refractivity contribution in [3.05, 3.63) is 180 Å². The van der Waals surface area contributed by atoms with Crippen molar-refractivity contribution in [2.45, 2.75) is 130 Å². The number of amidine groups is 1. The van der Waals surface area contributed by atoms with Gasteiger partial charge in [0.2, 0.25) is 46.6 Å². The molecule has 109 heavy (non-hydrogen) atoms. The number of carboxylic acid groups (broad SMARTS) is 2. The van der Waals surface area contributed by atoms with Crippen LogP contribution in [0, 0.1) is 63.1 Å². The van der Waals surface area contributed by atoms with E-state index in [2.05, 4.69) is 36.5 Å². The topological polar surface area (TPSA) is 456 Å². The summed E-state index contributed by atoms with van der Waals surface area (Å²) >= 11 is 29.2. The molecule has 6 aromatic rings. The lowest BCUT2D eigenvalue weighted by Crippen LogP contribution is -2.47. The van der Waals surface area contributed by atoms with Crippen LogP contribution in [-0.2, 0) is 19.2 Å². The summed E-state index contributed by atoms with van der Waals surface area (Å²) in [5.74, 6) is -17.8. The monoisotopic (exact) mass is 1620 g/mol. The first-order valence-corrected chi connectivity index (χ1v) is 33.5. The van der Waals surface area contributed by atoms with Crippen molar-refractivity contribution in [2.75, 3.05) is 14.1 Å². The average Bonchev–Trinajstić information content (AvgIpc) is 0.793. The summed E-state index contributed by atoms with van der Waals surface area (Å²) in [7, 11) is 2.86. The minimum Gasteiger partial charge on any atom is -0.489 e. The molecule has 28 nitrogen and oxygen atoms in total. The molecule has 0 aliphatic rings. The molecular weight excluding hydrogens is 1550 g/mol. The fourth-order valence-electron chi connectivity index (χ4n) is 7.66. The van der Waals surface area contributed by atoms with Crippen LogP contribution in [0.5, 0.6) is 28.7 Å². The summed E-state index contributed by atoms with van der Waals surface area (Å²) in [5, 5.41) is 66.0. The molecule has 38 heteroatoms. The second-order valence-corrected chi connectivity index (χ2v) is 24.6. The Bertz CT molecular complexity index is 4290. The number of carboxylic acids is 2. The van der Waals surface area contributed by atoms with Crippen molar-refractivity contribution in [2.24, 2.45) is 16.6 Å². The van der Waals surface area contributed by atoms with Crippen molar-refractivity contribution >= 4 is 117 Å². The van der Waals surface area contributed by atoms with Crippen molar-refractivity contribution in [3.63, 3.8) is 0 Å². The molecule has 0 saturated carbocycles. The van der Waals surface area contributed by atoms with Crippen LogP contribution in [0.2, 0.25) is 20.1 Å². The summed E-state index contributed by atoms with van der Waals surface area (Å²) < 4.78 is 92.3. The molecule has 0 spiro atoms. The number of ether oxygens (including phenoxy) is 5. The van der Waals surface area contributed by atoms with Crippen LogP contribution in [0.3, 0.4) is 0 Å². The van der Waals surface area contributed by atoms with Gasteiger partial charge in [0.1, 0.15) is 53.0 Å². The van der Waals surface area contributed by atoms with Crippen LogP contribution >= 0.6 is 58.0 Å². The minimum absolute atomic E-state index is 0.000520. The fourth-order valence-corrected chi connectivity index (χ4v) is 8.68. The Kier molecular flexibility index (Phi) is 42.9. The molecule has 0 bridgehead atoms. The van der Waals surface area contributed by atoms with Crippen LogP contribution in [0.15, 0.2) is 108 Å². The van der Waals surface area contributed by atoms with Crippen LogP contribution in [0.25, 0.3) is 0 Å². The molecule has 586 valence electrons. The van der Waals surface area contributed by atoms with Gasteiger partial charge in [0.25, 0.3) is 23.0 Å². The number of esters is 1. The Hall–Kier alpha value is -11.3. The van der Waals surface area contributed by atoms with Crippen LogP contribution in [0.4, 0.5) is 22.0 Å². The SMILES string of the molecule is CC(C)Oc1ccc(C(=O)N[C@@H](CC#N)C(=O)O)cc1Cl.CC(C)Oc1ccc(C(=O)Oc2c(F)c(F)c(F)c(F)c2F)cc1Cl.CNC(=O)[C@H](C/C(N)=N/O)NC(=O)c1ccc(OC(C)C)c(Cl)c1.CNC(=O)[C@H](CC#N)NC(=O)c1ccc(OC(C)C)c(Cl)c1.N#CC[C@H](N)C(=O)O.O=C(Cl)c1ccccc1. The van der Waals surface area contributed by atoms with E-state index in [9.17, 15) is 65.1 Å². The highest BCUT2D eigenvalue weighted by Crippen LogP contribution is 2.33. The van der Waals surface area contributed by atoms with Gasteiger partial charge in [-0.3, -0.25) is 33.6 Å². The van der Waals surface area contributed by atoms with Gasteiger partial charge < -0.3 is 77.2 Å². The molecular formula is C71H75Cl5F5N11O17. The van der Waals surface area contributed by atoms with Crippen LogP contribution in [-0.4, -0.2) is 137 Å². The largest absolute Gasteiger partial charge is 0.489 e. The Morgan fingerprint density at radius 1 is 0.477 bits per heavy atom. The number of likely N-dealkylation sites (N-methyl/N-ethyl adjacent to an activating group) is 2. The van der Waals surface area contributed by atoms with E-state index in [0.29, 0.717) is 27.8 Å². The predicted octanol–water partition coefficient (Wildman–Crippen LogP) is 11.6. The zero-order chi connectivity index (χ0) is 83.1. The van der Waals surface area contributed by atoms with Crippen molar-refractivity contribution < 1.29 is 104 Å². The maximum Gasteiger partial charge on any atom is 0.343 e. The normalized spacial score (nSPS) is 11.4. The van der Waals surface area contributed by atoms with E-state index < -0.39 is 112 Å². The van der Waals surface area contributed by atoms with Crippen LogP contribution < -0.4 is 61.7 Å². The van der Waals surface area contributed by atoms with Gasteiger partial charge >= 0.3 is 17.9 Å². The number of carbonyl (C=O) groups excluding carboxylic acids is 7. The summed E-state index contributed by atoms with van der Waals surface area (Å²) in [6.07, 6.45) is -1.06. The maximum atomic E-state index is 13.5. The van der Waals surface area contributed by atoms with E-state index in [4.69, 9.17) is 120 Å². The van der Waals surface area contributed by atoms with E-state index >= 15 is 0 Å². The summed E-state index contributed by atoms with van der Waals surface area (Å²) in [6.45, 7) is 14.6. The minimum atomic E-state index is -2.35. The zero-order valence-electron chi connectivity index (χ0n) is 59.5. The highest BCUT2D eigenvalue weighted by molar-refractivity contribution is 6.67. The lowest BCUT2D eigenvalue weighted by molar-refractivity contribution is -0.139. The number of rotatable bonds is 26. The van der Waals surface area contributed by atoms with Gasteiger partial charge in [-0.2, -0.15) is 24.6 Å². The van der Waals surface area contributed by atoms with Crippen molar-refractivity contribution in [1.82, 2.24) is 26.6 Å². The van der Waals surface area contributed by atoms with Crippen molar-refractivity contribution in [1.29, 1.82) is 15.8 Å². The lowest BCUT2D eigenvalue weighted by Gasteiger charge is -2.17. The molecule has 0 fully saturated rings. The third-order valence-corrected chi connectivity index (χ3v) is 14.1. The molecule has 0 aliphatic heterocycles. The second kappa shape index (κ2) is 48.9. The number of nitrogens with one attached hydrogen (secondary N) is 5. The number of nitrogens with two attached hydrogens (primary N) is 2. The quantitative estimate of drug-likeness (QED) is 0.00230. The Morgan fingerprint density at radius 2 is 0.798 bits per heavy atom. The third-order valence-electron chi connectivity index (χ3n) is 12.7. The van der Waals surface area contributed by atoms with E-state index in [1.807, 2.05) is 53.7 Å². The molecule has 0 aliphatic carbocycles. The second-order valence-electron chi connectivity index (χ2n) is 22.6. The standard InChI is InChI=1S/C16H10ClF5O3.C15H21ClN4O4.C15H18ClN3O3.C14H15ClN2O4.C7H5ClO.C4H6N2O2/c1-6(2)24-9-4-3-7(5-8(9)17)16(23)25-15-13(21)11(19)10(18)12(20)14(15)22;1-8(2)24-12-5-4-9(6-10(12)16)14(21)19-11(15(22)18-3)7-13(17)20-23;1-9(2)22-13-5-4-10(8-11(13)16)14(20)19-12(6-7-17)15(21)18-3;1-8(2)21-12-4-3-9(7-10(12)15)13(18)17-11(5-6-16)14(19)20;8-7(9)6-4-2-1-3-5-6;5-2-1-3(6)4(7)8/h3-6H,1-2H3;4-6,8,11,23H,7H2,1-3H3,(H2,17,20)(H,18,22)(H,19,21);4-5,8-9,12H,6H2,1-3H3,(H,18,21)(H,19,20);3-4,7-8,11H,5H2,1-2H3,(H,17,18)(H,19,20);1-5H;3H,1,6H2,(H,7,8)/t;11-;12-;11-;;3-/m.000.0/s1. The highest BCUT2D eigenvalue weighted by atomic mass is 35.5. The van der Waals surface area contributed by atoms with Gasteiger partial charge in [0, 0.05) is 42.8 Å². The maximum absolute atomic E-state index is 13.5. The number of nitrogens with zero attached hydrogens (tertiary/aromatic N) is 4. The number of amides is 5. The number of halogens is 10. The van der Waals surface area contributed by atoms with E-state index in [0.717, 1.165) is 12.1 Å². The predicted molar refractivity (Wildman–Crippen MR) is 391 cm³/mol. The number of aliphatic carboxylic acids is 2. The Balaban J connectivity index is 0.000000677. The molecule has 4 atom stereocenters. The molecule has 6 rings (SSSR count). The van der Waals surface area contributed by atoms with E-state index in [1.54, 1.807) is 68.5 Å². The zero-order valence-corrected chi connectivity index (χ0v) is 63.3. The molecule has 0 aromatic heterocycles. The van der Waals surface area contributed by atoms with Gasteiger partial charge in [0.05, 0.1) is 87.5 Å². The molecule has 0 saturated heterocycles. The van der Waals surface area contributed by atoms with Gasteiger partial charge in [-0.1, -0.05) is 81.9 Å². The molecule has 0 heterocycles. The fraction of sp³-hybridized carbons (Fsp3) is 0.310. The number of oxime groups is 1. The first-order chi connectivity index (χ1) is 51.1. The Labute approximate surface area is 647 Å². The summed E-state index contributed by atoms with van der Waals surface area (Å²) in [6, 6.07) is 26.9. The number of hydrogen-bond donors (Lipinski definition) is 10. The van der Waals surface area contributed by atoms with Crippen LogP contribution in [0.1, 0.15) is 133 Å². The molecule has 12 N–H and O–H groups in total. The first kappa shape index (κ1) is 95.8. The van der Waals surface area contributed by atoms with Gasteiger partial charge in [-0.15, -0.1) is 0 Å². The molecule has 0 unspecified atom stereocenters. The van der Waals surface area contributed by atoms with Gasteiger partial charge in [-0.05, 0) is 140 Å². The smallest absolute Gasteiger partial charge is 0.343 e. The summed E-state index contributed by atoms with van der Waals surface area (Å²) in [4.78, 5) is 103. The molecule has 5 amide bonds. The lowest BCUT2D eigenvalue weighted by atomic mass is 10.1. The Morgan fingerprint density at radius 3 is 1.09 bits per heavy atom. The van der Waals surface area contributed by atoms with Gasteiger partial charge in [0.15, 0.2) is 0 Å². The number of nitriles is 3. The summed E-state index contributed by atoms with van der Waals surface area (Å²) in [5.41, 5.74) is 11.3. The van der Waals surface area contributed by atoms with E-state index in [-0.39, 0.29) is 99.0 Å². The molecule has 6 aromatic carbocycles.